The first-order valence-electron chi connectivity index (χ1n) is 10.8. The third-order valence-electron chi connectivity index (χ3n) is 6.75. The Kier molecular flexibility index (Phi) is 3.56. The van der Waals surface area contributed by atoms with Crippen molar-refractivity contribution in [1.29, 1.82) is 5.26 Å². The molecule has 4 heterocycles. The molecule has 2 aliphatic rings. The number of rotatable bonds is 0. The number of nitriles is 1. The fraction of sp³-hybridized carbons (Fsp3) is 0.0370. The number of nitrogens with zero attached hydrogens (tertiary/aromatic N) is 3. The zero-order valence-electron chi connectivity index (χ0n) is 18.0. The fourth-order valence-corrected chi connectivity index (χ4v) is 5.37. The van der Waals surface area contributed by atoms with Crippen molar-refractivity contribution >= 4 is 21.9 Å². The van der Waals surface area contributed by atoms with Gasteiger partial charge in [0.05, 0.1) is 22.0 Å². The SMILES string of the molecule is N#CC1=C(N)Oc2c(c(=O)oc3ccccc23)C12c1ccccc1-n1c2nc2ccccc2c1=O. The lowest BCUT2D eigenvalue weighted by Gasteiger charge is -2.34. The van der Waals surface area contributed by atoms with Gasteiger partial charge in [-0.25, -0.2) is 9.78 Å². The Morgan fingerprint density at radius 2 is 1.66 bits per heavy atom. The number of ether oxygens (including phenoxy) is 1. The molecule has 1 unspecified atom stereocenters. The van der Waals surface area contributed by atoms with E-state index in [0.29, 0.717) is 33.1 Å². The molecule has 1 atom stereocenters. The zero-order valence-corrected chi connectivity index (χ0v) is 18.0. The van der Waals surface area contributed by atoms with Crippen LogP contribution in [-0.2, 0) is 5.41 Å². The van der Waals surface area contributed by atoms with Gasteiger partial charge in [-0.15, -0.1) is 0 Å². The van der Waals surface area contributed by atoms with Crippen molar-refractivity contribution in [3.8, 4) is 17.5 Å². The van der Waals surface area contributed by atoms with Crippen LogP contribution in [-0.4, -0.2) is 9.55 Å². The van der Waals surface area contributed by atoms with Gasteiger partial charge in [-0.3, -0.25) is 9.36 Å². The van der Waals surface area contributed by atoms with Gasteiger partial charge < -0.3 is 14.9 Å². The molecule has 0 saturated carbocycles. The fourth-order valence-electron chi connectivity index (χ4n) is 5.37. The molecule has 2 aliphatic heterocycles. The predicted molar refractivity (Wildman–Crippen MR) is 127 cm³/mol. The number of benzene rings is 3. The summed E-state index contributed by atoms with van der Waals surface area (Å²) in [6.07, 6.45) is 0. The largest absolute Gasteiger partial charge is 0.439 e. The second-order valence-corrected chi connectivity index (χ2v) is 8.40. The van der Waals surface area contributed by atoms with Gasteiger partial charge in [-0.1, -0.05) is 42.5 Å². The Labute approximate surface area is 196 Å². The Balaban J connectivity index is 1.79. The molecular weight excluding hydrogens is 444 g/mol. The maximum absolute atomic E-state index is 13.8. The van der Waals surface area contributed by atoms with Crippen LogP contribution in [0.5, 0.6) is 5.75 Å². The summed E-state index contributed by atoms with van der Waals surface area (Å²) in [5.41, 5.74) is 5.53. The van der Waals surface area contributed by atoms with E-state index in [2.05, 4.69) is 6.07 Å². The normalized spacial score (nSPS) is 17.7. The average molecular weight is 458 g/mol. The minimum atomic E-state index is -1.60. The first-order chi connectivity index (χ1) is 17.1. The molecule has 0 aliphatic carbocycles. The maximum Gasteiger partial charge on any atom is 0.345 e. The van der Waals surface area contributed by atoms with Crippen LogP contribution in [0, 0.1) is 11.3 Å². The zero-order chi connectivity index (χ0) is 23.9. The number of allylic oxidation sites excluding steroid dienone is 1. The van der Waals surface area contributed by atoms with E-state index in [0.717, 1.165) is 0 Å². The lowest BCUT2D eigenvalue weighted by molar-refractivity contribution is 0.371. The number of para-hydroxylation sites is 3. The highest BCUT2D eigenvalue weighted by Gasteiger charge is 2.57. The molecule has 2 N–H and O–H groups in total. The summed E-state index contributed by atoms with van der Waals surface area (Å²) >= 11 is 0. The van der Waals surface area contributed by atoms with E-state index in [-0.39, 0.29) is 34.2 Å². The third-order valence-corrected chi connectivity index (χ3v) is 6.75. The summed E-state index contributed by atoms with van der Waals surface area (Å²) in [7, 11) is 0. The van der Waals surface area contributed by atoms with Crippen LogP contribution in [0.4, 0.5) is 0 Å². The summed E-state index contributed by atoms with van der Waals surface area (Å²) in [6, 6.07) is 23.1. The quantitative estimate of drug-likeness (QED) is 0.353. The number of fused-ring (bicyclic) bond motifs is 10. The third kappa shape index (κ3) is 2.17. The van der Waals surface area contributed by atoms with Crippen molar-refractivity contribution in [2.24, 2.45) is 5.73 Å². The van der Waals surface area contributed by atoms with E-state index in [4.69, 9.17) is 19.9 Å². The van der Waals surface area contributed by atoms with Crippen LogP contribution in [0.1, 0.15) is 17.0 Å². The number of nitrogens with two attached hydrogens (primary N) is 1. The molecule has 1 spiro atoms. The van der Waals surface area contributed by atoms with E-state index in [1.54, 1.807) is 72.8 Å². The average Bonchev–Trinajstić information content (AvgIpc) is 3.15. The van der Waals surface area contributed by atoms with E-state index >= 15 is 0 Å². The van der Waals surface area contributed by atoms with Crippen molar-refractivity contribution in [3.05, 3.63) is 122 Å². The van der Waals surface area contributed by atoms with Gasteiger partial charge in [0, 0.05) is 5.56 Å². The smallest absolute Gasteiger partial charge is 0.345 e. The van der Waals surface area contributed by atoms with Crippen molar-refractivity contribution in [1.82, 2.24) is 9.55 Å². The van der Waals surface area contributed by atoms with Gasteiger partial charge >= 0.3 is 5.63 Å². The number of hydrogen-bond donors (Lipinski definition) is 1. The van der Waals surface area contributed by atoms with Crippen LogP contribution in [0.3, 0.4) is 0 Å². The Morgan fingerprint density at radius 3 is 2.49 bits per heavy atom. The van der Waals surface area contributed by atoms with Gasteiger partial charge in [-0.05, 0) is 30.3 Å². The van der Waals surface area contributed by atoms with Gasteiger partial charge in [0.2, 0.25) is 5.88 Å². The second-order valence-electron chi connectivity index (χ2n) is 8.40. The molecule has 5 aromatic rings. The highest BCUT2D eigenvalue weighted by atomic mass is 16.5. The first-order valence-corrected chi connectivity index (χ1v) is 10.8. The van der Waals surface area contributed by atoms with E-state index in [1.807, 2.05) is 0 Å². The van der Waals surface area contributed by atoms with Gasteiger partial charge in [0.1, 0.15) is 34.0 Å². The molecule has 166 valence electrons. The molecule has 0 amide bonds. The lowest BCUT2D eigenvalue weighted by atomic mass is 9.68. The molecule has 0 saturated heterocycles. The lowest BCUT2D eigenvalue weighted by Crippen LogP contribution is -2.42. The highest BCUT2D eigenvalue weighted by molar-refractivity contribution is 5.89. The molecule has 35 heavy (non-hydrogen) atoms. The summed E-state index contributed by atoms with van der Waals surface area (Å²) in [4.78, 5) is 32.2. The van der Waals surface area contributed by atoms with Crippen LogP contribution in [0.15, 0.2) is 98.3 Å². The topological polar surface area (TPSA) is 124 Å². The Morgan fingerprint density at radius 1 is 0.943 bits per heavy atom. The summed E-state index contributed by atoms with van der Waals surface area (Å²) in [5.74, 6) is 0.203. The van der Waals surface area contributed by atoms with Crippen molar-refractivity contribution in [2.45, 2.75) is 5.41 Å². The molecule has 0 fully saturated rings. The minimum Gasteiger partial charge on any atom is -0.439 e. The van der Waals surface area contributed by atoms with Crippen LogP contribution in [0.25, 0.3) is 27.6 Å². The molecule has 2 aromatic heterocycles. The predicted octanol–water partition coefficient (Wildman–Crippen LogP) is 3.23. The van der Waals surface area contributed by atoms with Gasteiger partial charge in [0.25, 0.3) is 5.56 Å². The van der Waals surface area contributed by atoms with Gasteiger partial charge in [0.15, 0.2) is 5.75 Å². The summed E-state index contributed by atoms with van der Waals surface area (Å²) in [6.45, 7) is 0. The molecule has 8 heteroatoms. The minimum absolute atomic E-state index is 0.0338. The van der Waals surface area contributed by atoms with Crippen molar-refractivity contribution < 1.29 is 9.15 Å². The Bertz CT molecular complexity index is 1960. The maximum atomic E-state index is 13.8. The summed E-state index contributed by atoms with van der Waals surface area (Å²) < 4.78 is 13.1. The van der Waals surface area contributed by atoms with Crippen molar-refractivity contribution in [3.63, 3.8) is 0 Å². The number of hydrogen-bond acceptors (Lipinski definition) is 7. The summed E-state index contributed by atoms with van der Waals surface area (Å²) in [5, 5.41) is 11.3. The van der Waals surface area contributed by atoms with E-state index in [1.165, 1.54) is 4.57 Å². The van der Waals surface area contributed by atoms with E-state index < -0.39 is 11.0 Å². The molecule has 8 nitrogen and oxygen atoms in total. The molecule has 7 rings (SSSR count). The van der Waals surface area contributed by atoms with Crippen molar-refractivity contribution in [2.75, 3.05) is 0 Å². The second kappa shape index (κ2) is 6.46. The monoisotopic (exact) mass is 458 g/mol. The van der Waals surface area contributed by atoms with E-state index in [9.17, 15) is 14.9 Å². The van der Waals surface area contributed by atoms with Gasteiger partial charge in [-0.2, -0.15) is 5.26 Å². The first kappa shape index (κ1) is 19.3. The molecule has 0 radical (unpaired) electrons. The highest BCUT2D eigenvalue weighted by Crippen LogP contribution is 2.55. The molecule has 3 aromatic carbocycles. The number of aromatic nitrogens is 2. The molecular formula is C27H14N4O4. The van der Waals surface area contributed by atoms with Crippen LogP contribution in [0.2, 0.25) is 0 Å². The Hall–Kier alpha value is -5.16. The standard InChI is InChI=1S/C27H14N4O4/c28-13-17-23(29)35-22-15-8-2-6-12-20(15)34-25(33)21(22)27(17)16-9-3-5-11-19(16)31-24(32)14-7-1-4-10-18(14)30-26(27)31/h1-12H,29H2. The molecule has 0 bridgehead atoms. The van der Waals surface area contributed by atoms with Crippen LogP contribution >= 0.6 is 0 Å². The van der Waals surface area contributed by atoms with Crippen LogP contribution < -0.4 is 21.7 Å².